The van der Waals surface area contributed by atoms with E-state index in [2.05, 4.69) is 5.32 Å². The molecule has 6 nitrogen and oxygen atoms in total. The maximum atomic E-state index is 13.3. The van der Waals surface area contributed by atoms with Gasteiger partial charge in [-0.1, -0.05) is 78.9 Å². The number of carbonyl (C=O) groups excluding carboxylic acids is 2. The first-order chi connectivity index (χ1) is 15.7. The Labute approximate surface area is 188 Å². The fourth-order valence-corrected chi connectivity index (χ4v) is 4.10. The number of anilines is 1. The van der Waals surface area contributed by atoms with E-state index in [-0.39, 0.29) is 5.91 Å². The lowest BCUT2D eigenvalue weighted by Crippen LogP contribution is -2.15. The highest BCUT2D eigenvalue weighted by molar-refractivity contribution is 7.17. The van der Waals surface area contributed by atoms with E-state index in [1.807, 2.05) is 60.7 Å². The van der Waals surface area contributed by atoms with Crippen LogP contribution in [0.15, 0.2) is 91.0 Å². The summed E-state index contributed by atoms with van der Waals surface area (Å²) >= 11 is 1.32. The van der Waals surface area contributed by atoms with Gasteiger partial charge in [0.25, 0.3) is 11.8 Å². The molecular weight excluding hydrogens is 422 g/mol. The topological polar surface area (TPSA) is 91.3 Å². The van der Waals surface area contributed by atoms with Gasteiger partial charge in [0.2, 0.25) is 0 Å². The number of thiazole rings is 1. The molecule has 158 valence electrons. The van der Waals surface area contributed by atoms with Crippen molar-refractivity contribution in [1.82, 2.24) is 10.5 Å². The summed E-state index contributed by atoms with van der Waals surface area (Å²) in [5, 5.41) is 12.4. The van der Waals surface area contributed by atoms with Crippen LogP contribution in [0.2, 0.25) is 0 Å². The number of nitrogens with one attached hydrogen (secondary N) is 2. The van der Waals surface area contributed by atoms with Crippen molar-refractivity contribution in [3.8, 4) is 21.8 Å². The molecule has 0 aliphatic rings. The average molecular weight is 442 g/mol. The molecule has 3 N–H and O–H groups in total. The molecule has 0 aliphatic heterocycles. The second-order valence-corrected chi connectivity index (χ2v) is 7.78. The van der Waals surface area contributed by atoms with E-state index in [1.54, 1.807) is 29.7 Å². The van der Waals surface area contributed by atoms with Gasteiger partial charge >= 0.3 is 0 Å². The van der Waals surface area contributed by atoms with Gasteiger partial charge in [0.1, 0.15) is 9.88 Å². The van der Waals surface area contributed by atoms with Gasteiger partial charge in [-0.3, -0.25) is 14.8 Å². The maximum Gasteiger partial charge on any atom is 0.268 e. The number of nitrogens with zero attached hydrogens (tertiary/aromatic N) is 1. The van der Waals surface area contributed by atoms with Crippen molar-refractivity contribution in [2.45, 2.75) is 0 Å². The third kappa shape index (κ3) is 4.80. The van der Waals surface area contributed by atoms with Crippen molar-refractivity contribution in [2.24, 2.45) is 0 Å². The van der Waals surface area contributed by atoms with Crippen molar-refractivity contribution in [3.63, 3.8) is 0 Å². The molecule has 0 saturated heterocycles. The molecule has 0 spiro atoms. The molecule has 0 unspecified atom stereocenters. The molecule has 4 rings (SSSR count). The molecule has 0 aliphatic carbocycles. The van der Waals surface area contributed by atoms with Crippen LogP contribution in [0.5, 0.6) is 0 Å². The molecule has 1 aromatic heterocycles. The summed E-state index contributed by atoms with van der Waals surface area (Å²) in [6, 6.07) is 26.4. The fourth-order valence-electron chi connectivity index (χ4n) is 3.11. The summed E-state index contributed by atoms with van der Waals surface area (Å²) in [5.74, 6) is -0.955. The Morgan fingerprint density at radius 1 is 0.844 bits per heavy atom. The van der Waals surface area contributed by atoms with Crippen molar-refractivity contribution in [3.05, 3.63) is 101 Å². The number of para-hydroxylation sites is 1. The van der Waals surface area contributed by atoms with E-state index in [4.69, 9.17) is 10.2 Å². The monoisotopic (exact) mass is 441 g/mol. The number of hydrogen-bond donors (Lipinski definition) is 3. The van der Waals surface area contributed by atoms with E-state index in [9.17, 15) is 9.59 Å². The smallest absolute Gasteiger partial charge is 0.268 e. The zero-order valence-corrected chi connectivity index (χ0v) is 17.7. The van der Waals surface area contributed by atoms with Crippen LogP contribution in [0.1, 0.15) is 15.2 Å². The third-order valence-corrected chi connectivity index (χ3v) is 5.74. The lowest BCUT2D eigenvalue weighted by atomic mass is 10.1. The van der Waals surface area contributed by atoms with E-state index in [1.165, 1.54) is 23.5 Å². The summed E-state index contributed by atoms with van der Waals surface area (Å²) in [6.07, 6.45) is 2.70. The number of hydrogen-bond acceptors (Lipinski definition) is 5. The average Bonchev–Trinajstić information content (AvgIpc) is 3.30. The largest absolute Gasteiger partial charge is 0.321 e. The van der Waals surface area contributed by atoms with Crippen LogP contribution in [0.25, 0.3) is 27.9 Å². The lowest BCUT2D eigenvalue weighted by Gasteiger charge is -2.08. The Morgan fingerprint density at radius 2 is 1.47 bits per heavy atom. The van der Waals surface area contributed by atoms with E-state index >= 15 is 0 Å². The first kappa shape index (κ1) is 21.2. The summed E-state index contributed by atoms with van der Waals surface area (Å²) in [6.45, 7) is 0. The van der Waals surface area contributed by atoms with Crippen LogP contribution in [-0.2, 0) is 4.79 Å². The van der Waals surface area contributed by atoms with Crippen LogP contribution < -0.4 is 10.8 Å². The third-order valence-electron chi connectivity index (χ3n) is 4.63. The maximum absolute atomic E-state index is 13.3. The highest BCUT2D eigenvalue weighted by Crippen LogP contribution is 2.34. The van der Waals surface area contributed by atoms with Gasteiger partial charge < -0.3 is 5.32 Å². The van der Waals surface area contributed by atoms with E-state index < -0.39 is 5.91 Å². The van der Waals surface area contributed by atoms with Gasteiger partial charge in [-0.05, 0) is 17.7 Å². The summed E-state index contributed by atoms with van der Waals surface area (Å²) in [5.41, 5.74) is 5.10. The zero-order valence-electron chi connectivity index (χ0n) is 16.9. The number of hydroxylamine groups is 1. The van der Waals surface area contributed by atoms with Crippen molar-refractivity contribution >= 4 is 34.9 Å². The minimum Gasteiger partial charge on any atom is -0.321 e. The van der Waals surface area contributed by atoms with E-state index in [0.717, 1.165) is 16.1 Å². The van der Waals surface area contributed by atoms with Crippen molar-refractivity contribution in [1.29, 1.82) is 0 Å². The first-order valence-corrected chi connectivity index (χ1v) is 10.6. The van der Waals surface area contributed by atoms with Gasteiger partial charge in [0.15, 0.2) is 0 Å². The number of rotatable bonds is 6. The number of aromatic nitrogens is 1. The van der Waals surface area contributed by atoms with Gasteiger partial charge in [-0.2, -0.15) is 0 Å². The Bertz CT molecular complexity index is 1270. The molecule has 1 heterocycles. The van der Waals surface area contributed by atoms with Gasteiger partial charge in [0.05, 0.1) is 5.69 Å². The summed E-state index contributed by atoms with van der Waals surface area (Å²) in [4.78, 5) is 29.9. The predicted molar refractivity (Wildman–Crippen MR) is 126 cm³/mol. The second-order valence-electron chi connectivity index (χ2n) is 6.78. The van der Waals surface area contributed by atoms with Crippen LogP contribution >= 0.6 is 11.3 Å². The quantitative estimate of drug-likeness (QED) is 0.217. The Balaban J connectivity index is 1.71. The molecule has 0 bridgehead atoms. The van der Waals surface area contributed by atoms with Gasteiger partial charge in [-0.25, -0.2) is 10.5 Å². The molecule has 0 fully saturated rings. The number of benzene rings is 3. The standard InChI is InChI=1S/C25H19N3O3S/c29-21(28-31)16-15-17-9-7-8-14-20(17)26-24(30)23-22(18-10-3-1-4-11-18)27-25(32-23)19-12-5-2-6-13-19/h1-16,31H,(H,26,30)(H,28,29). The van der Waals surface area contributed by atoms with Crippen LogP contribution in [-0.4, -0.2) is 22.0 Å². The van der Waals surface area contributed by atoms with Crippen molar-refractivity contribution in [2.75, 3.05) is 5.32 Å². The van der Waals surface area contributed by atoms with Crippen LogP contribution in [0.3, 0.4) is 0 Å². The number of amides is 2. The molecule has 0 radical (unpaired) electrons. The highest BCUT2D eigenvalue weighted by atomic mass is 32.1. The van der Waals surface area contributed by atoms with Crippen LogP contribution in [0.4, 0.5) is 5.69 Å². The zero-order chi connectivity index (χ0) is 22.3. The first-order valence-electron chi connectivity index (χ1n) is 9.80. The second kappa shape index (κ2) is 9.82. The van der Waals surface area contributed by atoms with Crippen molar-refractivity contribution < 1.29 is 14.8 Å². The molecule has 0 saturated carbocycles. The molecule has 0 atom stereocenters. The minimum absolute atomic E-state index is 0.295. The molecule has 2 amide bonds. The SMILES string of the molecule is O=C(C=Cc1ccccc1NC(=O)c1sc(-c2ccccc2)nc1-c1ccccc1)NO. The number of carbonyl (C=O) groups is 2. The molecule has 32 heavy (non-hydrogen) atoms. The van der Waals surface area contributed by atoms with Gasteiger partial charge in [0, 0.05) is 22.9 Å². The molecule has 4 aromatic rings. The summed E-state index contributed by atoms with van der Waals surface area (Å²) < 4.78 is 0. The summed E-state index contributed by atoms with van der Waals surface area (Å²) in [7, 11) is 0. The molecular formula is C25H19N3O3S. The van der Waals surface area contributed by atoms with E-state index in [0.29, 0.717) is 21.8 Å². The fraction of sp³-hybridized carbons (Fsp3) is 0. The Morgan fingerprint density at radius 3 is 2.16 bits per heavy atom. The lowest BCUT2D eigenvalue weighted by molar-refractivity contribution is -0.124. The molecule has 3 aromatic carbocycles. The predicted octanol–water partition coefficient (Wildman–Crippen LogP) is 5.25. The normalized spacial score (nSPS) is 10.8. The molecule has 7 heteroatoms. The highest BCUT2D eigenvalue weighted by Gasteiger charge is 2.21. The minimum atomic E-state index is -0.660. The Hall–Kier alpha value is -4.07. The van der Waals surface area contributed by atoms with Gasteiger partial charge in [-0.15, -0.1) is 11.3 Å². The Kier molecular flexibility index (Phi) is 6.50. The van der Waals surface area contributed by atoms with Crippen LogP contribution in [0, 0.1) is 0 Å².